The van der Waals surface area contributed by atoms with Gasteiger partial charge in [0.1, 0.15) is 24.0 Å². The van der Waals surface area contributed by atoms with Crippen molar-refractivity contribution in [3.8, 4) is 45.6 Å². The summed E-state index contributed by atoms with van der Waals surface area (Å²) in [5.74, 6) is 0.469. The Labute approximate surface area is 378 Å². The van der Waals surface area contributed by atoms with Gasteiger partial charge in [0.2, 0.25) is 5.75 Å². The molecule has 6 N–H and O–H groups in total. The maximum Gasteiger partial charge on any atom is 0.253 e. The highest BCUT2D eigenvalue weighted by atomic mass is 16.5. The van der Waals surface area contributed by atoms with E-state index in [1.165, 1.54) is 35.3 Å². The van der Waals surface area contributed by atoms with E-state index >= 15 is 0 Å². The van der Waals surface area contributed by atoms with Crippen LogP contribution in [0.4, 0.5) is 5.69 Å². The lowest BCUT2D eigenvalue weighted by Crippen LogP contribution is -2.53. The summed E-state index contributed by atoms with van der Waals surface area (Å²) in [5, 5.41) is 53.4. The summed E-state index contributed by atoms with van der Waals surface area (Å²) in [6, 6.07) is 15.5. The first-order valence-corrected chi connectivity index (χ1v) is 22.9. The monoisotopic (exact) mass is 887 g/mol. The van der Waals surface area contributed by atoms with E-state index in [0.29, 0.717) is 72.0 Å². The van der Waals surface area contributed by atoms with E-state index in [-0.39, 0.29) is 67.5 Å². The molecule has 0 aromatic heterocycles. The number of aliphatic hydroxyl groups excluding tert-OH is 3. The number of aliphatic hydroxyl groups is 3. The quantitative estimate of drug-likeness (QED) is 0.0495. The number of methoxy groups -OCH3 is 2. The number of carbonyl (C=O) groups excluding carboxylic acids is 2. The Morgan fingerprint density at radius 2 is 1.66 bits per heavy atom. The van der Waals surface area contributed by atoms with Crippen molar-refractivity contribution in [3.63, 3.8) is 0 Å². The molecule has 6 aliphatic rings. The number of aryl methyl sites for hydroxylation is 1. The number of ether oxygens (including phenoxy) is 5. The molecule has 14 heteroatoms. The van der Waals surface area contributed by atoms with Crippen LogP contribution in [-0.2, 0) is 34.3 Å². The van der Waals surface area contributed by atoms with E-state index in [0.717, 1.165) is 47.9 Å². The number of anilines is 1. The van der Waals surface area contributed by atoms with E-state index in [1.807, 2.05) is 31.2 Å². The van der Waals surface area contributed by atoms with Crippen LogP contribution in [0.25, 0.3) is 11.1 Å². The maximum absolute atomic E-state index is 12.7. The predicted octanol–water partition coefficient (Wildman–Crippen LogP) is 5.96. The molecule has 1 fully saturated rings. The summed E-state index contributed by atoms with van der Waals surface area (Å²) >= 11 is 0. The summed E-state index contributed by atoms with van der Waals surface area (Å²) in [5.41, 5.74) is 8.03. The molecule has 3 heterocycles. The molecule has 7 unspecified atom stereocenters. The molecule has 2 amide bonds. The largest absolute Gasteiger partial charge is 0.502 e. The lowest BCUT2D eigenvalue weighted by atomic mass is 9.50. The van der Waals surface area contributed by atoms with Gasteiger partial charge in [-0.3, -0.25) is 19.8 Å². The van der Waals surface area contributed by atoms with Gasteiger partial charge in [-0.1, -0.05) is 31.2 Å². The SMILES string of the molecule is CCNCOc1cc(OC)c2c3c1C(O)Nc1cc4c(c(c1-3)CC2)C(O)C(c1cc(OC)c(O)c(OCC(CO)C23CC(CN5C(=O)C=CC5=O)CCC2CCc2ccccc23)c1)CO4. The molecule has 7 atom stereocenters. The molecule has 0 saturated heterocycles. The van der Waals surface area contributed by atoms with Crippen LogP contribution >= 0.6 is 0 Å². The van der Waals surface area contributed by atoms with Crippen molar-refractivity contribution >= 4 is 17.5 Å². The third kappa shape index (κ3) is 7.07. The van der Waals surface area contributed by atoms with Crippen LogP contribution in [-0.4, -0.2) is 91.0 Å². The zero-order valence-corrected chi connectivity index (χ0v) is 37.0. The zero-order valence-electron chi connectivity index (χ0n) is 37.0. The molecule has 14 nitrogen and oxygen atoms in total. The van der Waals surface area contributed by atoms with Crippen LogP contribution in [0.1, 0.15) is 89.8 Å². The summed E-state index contributed by atoms with van der Waals surface area (Å²) in [6.45, 7) is 3.24. The number of aromatic hydroxyl groups is 1. The Hall–Kier alpha value is -5.80. The van der Waals surface area contributed by atoms with Gasteiger partial charge in [0, 0.05) is 76.0 Å². The first-order valence-electron chi connectivity index (χ1n) is 22.9. The highest BCUT2D eigenvalue weighted by Gasteiger charge is 2.53. The molecule has 3 aliphatic carbocycles. The molecule has 65 heavy (non-hydrogen) atoms. The highest BCUT2D eigenvalue weighted by Crippen LogP contribution is 2.59. The lowest BCUT2D eigenvalue weighted by molar-refractivity contribution is -0.138. The van der Waals surface area contributed by atoms with E-state index in [9.17, 15) is 30.0 Å². The third-order valence-electron chi connectivity index (χ3n) is 15.2. The molecular formula is C51H57N3O11. The average Bonchev–Trinajstić information content (AvgIpc) is 3.63. The van der Waals surface area contributed by atoms with Gasteiger partial charge in [-0.15, -0.1) is 0 Å². The number of benzene rings is 4. The molecule has 4 aromatic rings. The second kappa shape index (κ2) is 17.2. The molecule has 4 aromatic carbocycles. The lowest BCUT2D eigenvalue weighted by Gasteiger charge is -2.54. The average molecular weight is 888 g/mol. The van der Waals surface area contributed by atoms with Crippen molar-refractivity contribution in [2.24, 2.45) is 17.8 Å². The first-order chi connectivity index (χ1) is 31.6. The summed E-state index contributed by atoms with van der Waals surface area (Å²) < 4.78 is 30.8. The first kappa shape index (κ1) is 43.1. The van der Waals surface area contributed by atoms with E-state index < -0.39 is 29.6 Å². The number of hydrogen-bond acceptors (Lipinski definition) is 13. The number of nitrogens with zero attached hydrogens (tertiary/aromatic N) is 1. The van der Waals surface area contributed by atoms with Crippen molar-refractivity contribution in [1.29, 1.82) is 0 Å². The fourth-order valence-corrected chi connectivity index (χ4v) is 12.2. The molecule has 10 rings (SSSR count). The molecule has 1 saturated carbocycles. The van der Waals surface area contributed by atoms with Gasteiger partial charge in [0.05, 0.1) is 45.7 Å². The number of nitrogens with one attached hydrogen (secondary N) is 2. The van der Waals surface area contributed by atoms with Crippen LogP contribution in [0.2, 0.25) is 0 Å². The maximum atomic E-state index is 12.7. The Kier molecular flexibility index (Phi) is 11.4. The van der Waals surface area contributed by atoms with Gasteiger partial charge >= 0.3 is 0 Å². The zero-order chi connectivity index (χ0) is 45.1. The van der Waals surface area contributed by atoms with E-state index in [4.69, 9.17) is 23.7 Å². The Balaban J connectivity index is 0.976. The van der Waals surface area contributed by atoms with Crippen LogP contribution in [0.3, 0.4) is 0 Å². The minimum Gasteiger partial charge on any atom is -0.502 e. The number of phenols is 1. The fourth-order valence-electron chi connectivity index (χ4n) is 12.2. The van der Waals surface area contributed by atoms with Crippen LogP contribution in [0, 0.1) is 17.8 Å². The molecular weight excluding hydrogens is 831 g/mol. The summed E-state index contributed by atoms with van der Waals surface area (Å²) in [4.78, 5) is 26.7. The van der Waals surface area contributed by atoms with Gasteiger partial charge in [-0.25, -0.2) is 0 Å². The minimum atomic E-state index is -1.06. The Morgan fingerprint density at radius 1 is 0.892 bits per heavy atom. The van der Waals surface area contributed by atoms with Gasteiger partial charge in [0.25, 0.3) is 11.8 Å². The third-order valence-corrected chi connectivity index (χ3v) is 15.2. The van der Waals surface area contributed by atoms with Gasteiger partial charge in [0.15, 0.2) is 17.7 Å². The van der Waals surface area contributed by atoms with Crippen molar-refractivity contribution in [1.82, 2.24) is 10.2 Å². The van der Waals surface area contributed by atoms with Gasteiger partial charge in [-0.05, 0) is 97.7 Å². The molecule has 0 radical (unpaired) electrons. The van der Waals surface area contributed by atoms with Gasteiger partial charge in [-0.2, -0.15) is 0 Å². The Morgan fingerprint density at radius 3 is 2.43 bits per heavy atom. The number of rotatable bonds is 14. The van der Waals surface area contributed by atoms with E-state index in [1.54, 1.807) is 19.2 Å². The van der Waals surface area contributed by atoms with Crippen LogP contribution in [0.15, 0.2) is 60.7 Å². The number of amides is 2. The fraction of sp³-hybridized carbons (Fsp3) is 0.451. The topological polar surface area (TPSA) is 189 Å². The molecule has 0 spiro atoms. The highest BCUT2D eigenvalue weighted by molar-refractivity contribution is 6.12. The number of hydrogen-bond donors (Lipinski definition) is 6. The Bertz CT molecular complexity index is 2560. The number of fused-ring (bicyclic) bond motifs is 5. The number of phenolic OH excluding ortho intramolecular Hbond substituents is 1. The number of carbonyl (C=O) groups is 2. The van der Waals surface area contributed by atoms with Gasteiger partial charge < -0.3 is 49.4 Å². The van der Waals surface area contributed by atoms with E-state index in [2.05, 4.69) is 22.8 Å². The summed E-state index contributed by atoms with van der Waals surface area (Å²) in [7, 11) is 3.10. The molecule has 3 aliphatic heterocycles. The normalized spacial score (nSPS) is 25.1. The minimum absolute atomic E-state index is 0.0176. The van der Waals surface area contributed by atoms with Crippen LogP contribution in [0.5, 0.6) is 34.5 Å². The van der Waals surface area contributed by atoms with Crippen molar-refractivity contribution in [2.75, 3.05) is 59.2 Å². The number of imide groups is 1. The summed E-state index contributed by atoms with van der Waals surface area (Å²) in [6.07, 6.45) is 6.00. The van der Waals surface area contributed by atoms with Crippen molar-refractivity contribution in [3.05, 3.63) is 99.6 Å². The van der Waals surface area contributed by atoms with Crippen molar-refractivity contribution < 1.29 is 53.7 Å². The van der Waals surface area contributed by atoms with Crippen LogP contribution < -0.4 is 34.3 Å². The second-order valence-electron chi connectivity index (χ2n) is 18.3. The second-order valence-corrected chi connectivity index (χ2v) is 18.3. The van der Waals surface area contributed by atoms with Crippen molar-refractivity contribution in [2.45, 2.75) is 75.5 Å². The molecule has 342 valence electrons. The standard InChI is InChI=1S/C51H57N3O11/c1-4-52-26-65-39-20-37(61-2)32-13-14-33-44-36(53-50(60)47(39)46(32)44)19-38-45(33)48(58)34(25-64-38)29-17-40(62-3)49(59)41(18-29)63-24-31(23-55)51-21-27(22-54-42(56)15-16-43(54)57)9-11-30(51)12-10-28-7-5-6-8-35(28)51/h5-8,15-20,27,30-31,34,48,50,52-53,55,58-60H,4,9-14,21-26H2,1-3H3. The predicted molar refractivity (Wildman–Crippen MR) is 241 cm³/mol. The smallest absolute Gasteiger partial charge is 0.253 e. The molecule has 0 bridgehead atoms.